The van der Waals surface area contributed by atoms with Gasteiger partial charge in [-0.05, 0) is 11.5 Å². The third-order valence-corrected chi connectivity index (χ3v) is 2.85. The fraction of sp³-hybridized carbons (Fsp3) is 0.462. The van der Waals surface area contributed by atoms with Gasteiger partial charge in [0.25, 0.3) is 5.69 Å². The molecule has 1 rings (SSSR count). The Labute approximate surface area is 117 Å². The average Bonchev–Trinajstić information content (AvgIpc) is 2.34. The molecular formula is C13H19N3O4. The number of nitrogens with zero attached hydrogens (tertiary/aromatic N) is 1. The molecule has 0 fully saturated rings. The van der Waals surface area contributed by atoms with E-state index in [1.54, 1.807) is 6.07 Å². The van der Waals surface area contributed by atoms with Crippen molar-refractivity contribution in [1.82, 2.24) is 5.32 Å². The average molecular weight is 281 g/mol. The van der Waals surface area contributed by atoms with Crippen molar-refractivity contribution in [1.29, 1.82) is 0 Å². The lowest BCUT2D eigenvalue weighted by molar-refractivity contribution is -0.384. The van der Waals surface area contributed by atoms with Crippen LogP contribution in [0.4, 0.5) is 16.2 Å². The van der Waals surface area contributed by atoms with E-state index in [2.05, 4.69) is 10.6 Å². The van der Waals surface area contributed by atoms with Crippen molar-refractivity contribution in [3.05, 3.63) is 34.4 Å². The monoisotopic (exact) mass is 281 g/mol. The molecule has 1 aromatic carbocycles. The molecule has 0 aliphatic heterocycles. The zero-order valence-corrected chi connectivity index (χ0v) is 11.7. The Kier molecular flexibility index (Phi) is 5.04. The van der Waals surface area contributed by atoms with Crippen LogP contribution in [0.3, 0.4) is 0 Å². The molecule has 0 heterocycles. The molecule has 7 nitrogen and oxygen atoms in total. The van der Waals surface area contributed by atoms with Crippen molar-refractivity contribution in [2.45, 2.75) is 26.8 Å². The summed E-state index contributed by atoms with van der Waals surface area (Å²) < 4.78 is 0. The van der Waals surface area contributed by atoms with E-state index in [-0.39, 0.29) is 17.7 Å². The van der Waals surface area contributed by atoms with Crippen LogP contribution in [0.15, 0.2) is 24.3 Å². The minimum atomic E-state index is -0.533. The number of carbonyl (C=O) groups is 1. The summed E-state index contributed by atoms with van der Waals surface area (Å²) in [7, 11) is 0. The standard InChI is InChI=1S/C13H19N3O4/c1-13(2,3)11(8-17)15-12(18)14-9-5-4-6-10(7-9)16(19)20/h4-7,11,17H,8H2,1-3H3,(H2,14,15,18)/t11-/m1/s1. The summed E-state index contributed by atoms with van der Waals surface area (Å²) in [6.07, 6.45) is 0. The Morgan fingerprint density at radius 3 is 2.60 bits per heavy atom. The van der Waals surface area contributed by atoms with Crippen LogP contribution in [-0.4, -0.2) is 28.7 Å². The van der Waals surface area contributed by atoms with E-state index < -0.39 is 17.0 Å². The van der Waals surface area contributed by atoms with Crippen molar-refractivity contribution >= 4 is 17.4 Å². The van der Waals surface area contributed by atoms with Crippen LogP contribution in [0.25, 0.3) is 0 Å². The molecule has 0 spiro atoms. The van der Waals surface area contributed by atoms with Gasteiger partial charge in [-0.2, -0.15) is 0 Å². The number of amides is 2. The normalized spacial score (nSPS) is 12.6. The molecule has 0 aliphatic rings. The fourth-order valence-corrected chi connectivity index (χ4v) is 1.56. The van der Waals surface area contributed by atoms with Crippen LogP contribution >= 0.6 is 0 Å². The molecule has 1 aromatic rings. The van der Waals surface area contributed by atoms with Crippen molar-refractivity contribution < 1.29 is 14.8 Å². The molecule has 1 atom stereocenters. The molecule has 0 saturated heterocycles. The van der Waals surface area contributed by atoms with E-state index >= 15 is 0 Å². The zero-order valence-electron chi connectivity index (χ0n) is 11.7. The molecule has 0 radical (unpaired) electrons. The van der Waals surface area contributed by atoms with Crippen LogP contribution in [-0.2, 0) is 0 Å². The number of aliphatic hydroxyl groups is 1. The quantitative estimate of drug-likeness (QED) is 0.580. The van der Waals surface area contributed by atoms with Gasteiger partial charge in [-0.1, -0.05) is 26.8 Å². The Hall–Kier alpha value is -2.15. The lowest BCUT2D eigenvalue weighted by atomic mass is 9.87. The number of nitro groups is 1. The van der Waals surface area contributed by atoms with Crippen LogP contribution in [0.2, 0.25) is 0 Å². The first-order valence-corrected chi connectivity index (χ1v) is 6.17. The fourth-order valence-electron chi connectivity index (χ4n) is 1.56. The molecule has 3 N–H and O–H groups in total. The van der Waals surface area contributed by atoms with Gasteiger partial charge in [0.15, 0.2) is 0 Å². The maximum Gasteiger partial charge on any atom is 0.319 e. The van der Waals surface area contributed by atoms with Gasteiger partial charge in [-0.15, -0.1) is 0 Å². The molecule has 2 amide bonds. The highest BCUT2D eigenvalue weighted by Crippen LogP contribution is 2.20. The van der Waals surface area contributed by atoms with E-state index in [0.717, 1.165) is 0 Å². The van der Waals surface area contributed by atoms with Crippen LogP contribution < -0.4 is 10.6 Å². The van der Waals surface area contributed by atoms with E-state index in [0.29, 0.717) is 5.69 Å². The molecular weight excluding hydrogens is 262 g/mol. The second kappa shape index (κ2) is 6.33. The molecule has 0 saturated carbocycles. The third kappa shape index (κ3) is 4.51. The number of hydrogen-bond acceptors (Lipinski definition) is 4. The summed E-state index contributed by atoms with van der Waals surface area (Å²) in [6.45, 7) is 5.48. The Balaban J connectivity index is 2.71. The zero-order chi connectivity index (χ0) is 15.3. The summed E-state index contributed by atoms with van der Waals surface area (Å²) >= 11 is 0. The van der Waals surface area contributed by atoms with E-state index in [1.807, 2.05) is 20.8 Å². The SMILES string of the molecule is CC(C)(C)[C@@H](CO)NC(=O)Nc1cccc([N+](=O)[O-])c1. The first-order valence-electron chi connectivity index (χ1n) is 6.17. The summed E-state index contributed by atoms with van der Waals surface area (Å²) in [5.41, 5.74) is -0.0750. The first kappa shape index (κ1) is 15.9. The van der Waals surface area contributed by atoms with Crippen molar-refractivity contribution in [2.24, 2.45) is 5.41 Å². The molecule has 0 aromatic heterocycles. The number of benzene rings is 1. The van der Waals surface area contributed by atoms with Gasteiger partial charge >= 0.3 is 6.03 Å². The van der Waals surface area contributed by atoms with Gasteiger partial charge < -0.3 is 15.7 Å². The predicted octanol–water partition coefficient (Wildman–Crippen LogP) is 2.12. The maximum atomic E-state index is 11.8. The maximum absolute atomic E-state index is 11.8. The topological polar surface area (TPSA) is 104 Å². The van der Waals surface area contributed by atoms with E-state index in [9.17, 15) is 20.0 Å². The van der Waals surface area contributed by atoms with Gasteiger partial charge in [0.05, 0.1) is 17.6 Å². The largest absolute Gasteiger partial charge is 0.394 e. The van der Waals surface area contributed by atoms with Crippen LogP contribution in [0.5, 0.6) is 0 Å². The highest BCUT2D eigenvalue weighted by molar-refractivity contribution is 5.89. The number of carbonyl (C=O) groups excluding carboxylic acids is 1. The van der Waals surface area contributed by atoms with Gasteiger partial charge in [-0.25, -0.2) is 4.79 Å². The highest BCUT2D eigenvalue weighted by Gasteiger charge is 2.25. The van der Waals surface area contributed by atoms with Gasteiger partial charge in [0, 0.05) is 17.8 Å². The van der Waals surface area contributed by atoms with Crippen molar-refractivity contribution in [3.8, 4) is 0 Å². The van der Waals surface area contributed by atoms with E-state index in [1.165, 1.54) is 18.2 Å². The molecule has 0 unspecified atom stereocenters. The van der Waals surface area contributed by atoms with Gasteiger partial charge in [0.1, 0.15) is 0 Å². The molecule has 20 heavy (non-hydrogen) atoms. The minimum absolute atomic E-state index is 0.0997. The Morgan fingerprint density at radius 1 is 1.45 bits per heavy atom. The predicted molar refractivity (Wildman–Crippen MR) is 75.6 cm³/mol. The number of anilines is 1. The second-order valence-corrected chi connectivity index (χ2v) is 5.51. The first-order chi connectivity index (χ1) is 9.24. The number of rotatable bonds is 4. The van der Waals surface area contributed by atoms with Crippen LogP contribution in [0.1, 0.15) is 20.8 Å². The van der Waals surface area contributed by atoms with Crippen LogP contribution in [0, 0.1) is 15.5 Å². The minimum Gasteiger partial charge on any atom is -0.394 e. The third-order valence-electron chi connectivity index (χ3n) is 2.85. The molecule has 0 bridgehead atoms. The number of aliphatic hydroxyl groups excluding tert-OH is 1. The number of hydrogen-bond donors (Lipinski definition) is 3. The number of non-ortho nitro benzene ring substituents is 1. The smallest absolute Gasteiger partial charge is 0.319 e. The summed E-state index contributed by atoms with van der Waals surface area (Å²) in [5, 5.41) is 25.0. The Bertz CT molecular complexity index is 497. The van der Waals surface area contributed by atoms with Gasteiger partial charge in [-0.3, -0.25) is 10.1 Å². The van der Waals surface area contributed by atoms with Crippen molar-refractivity contribution in [2.75, 3.05) is 11.9 Å². The van der Waals surface area contributed by atoms with Crippen molar-refractivity contribution in [3.63, 3.8) is 0 Å². The number of nitro benzene ring substituents is 1. The molecule has 7 heteroatoms. The number of nitrogens with one attached hydrogen (secondary N) is 2. The van der Waals surface area contributed by atoms with Gasteiger partial charge in [0.2, 0.25) is 0 Å². The second-order valence-electron chi connectivity index (χ2n) is 5.51. The molecule has 0 aliphatic carbocycles. The lowest BCUT2D eigenvalue weighted by Gasteiger charge is -2.29. The lowest BCUT2D eigenvalue weighted by Crippen LogP contribution is -2.47. The molecule has 110 valence electrons. The summed E-state index contributed by atoms with van der Waals surface area (Å²) in [4.78, 5) is 21.9. The Morgan fingerprint density at radius 2 is 2.10 bits per heavy atom. The summed E-state index contributed by atoms with van der Waals surface area (Å²) in [6, 6.07) is 4.72. The number of urea groups is 1. The highest BCUT2D eigenvalue weighted by atomic mass is 16.6. The van der Waals surface area contributed by atoms with E-state index in [4.69, 9.17) is 0 Å². The summed E-state index contributed by atoms with van der Waals surface area (Å²) in [5.74, 6) is 0.